The number of aryl methyl sites for hydroxylation is 1. The molecule has 0 spiro atoms. The van der Waals surface area contributed by atoms with Crippen molar-refractivity contribution in [3.05, 3.63) is 64.8 Å². The number of carbonyl (C=O) groups excluding carboxylic acids is 2. The second kappa shape index (κ2) is 10.3. The third kappa shape index (κ3) is 5.24. The van der Waals surface area contributed by atoms with Gasteiger partial charge in [-0.1, -0.05) is 12.1 Å². The fraction of sp³-hybridized carbons (Fsp3) is 0.429. The van der Waals surface area contributed by atoms with Gasteiger partial charge >= 0.3 is 12.1 Å². The average Bonchev–Trinajstić information content (AvgIpc) is 3.31. The fourth-order valence-corrected chi connectivity index (χ4v) is 4.67. The summed E-state index contributed by atoms with van der Waals surface area (Å²) in [5.74, 6) is 0.410. The Morgan fingerprint density at radius 2 is 1.83 bits per heavy atom. The van der Waals surface area contributed by atoms with E-state index in [4.69, 9.17) is 18.9 Å². The number of carbonyl (C=O) groups is 2. The van der Waals surface area contributed by atoms with Gasteiger partial charge in [-0.3, -0.25) is 9.47 Å². The van der Waals surface area contributed by atoms with Crippen LogP contribution in [0.1, 0.15) is 53.9 Å². The van der Waals surface area contributed by atoms with E-state index in [0.717, 1.165) is 39.9 Å². The molecule has 1 aromatic heterocycles. The van der Waals surface area contributed by atoms with Crippen molar-refractivity contribution in [3.63, 3.8) is 0 Å². The summed E-state index contributed by atoms with van der Waals surface area (Å²) in [5.41, 5.74) is 3.71. The van der Waals surface area contributed by atoms with E-state index in [1.165, 1.54) is 7.11 Å². The van der Waals surface area contributed by atoms with Crippen LogP contribution in [-0.4, -0.2) is 61.1 Å². The molecule has 1 saturated heterocycles. The van der Waals surface area contributed by atoms with E-state index in [1.807, 2.05) is 52.0 Å². The number of methoxy groups -OCH3 is 2. The van der Waals surface area contributed by atoms with Gasteiger partial charge in [-0.2, -0.15) is 0 Å². The van der Waals surface area contributed by atoms with Gasteiger partial charge in [-0.15, -0.1) is 0 Å². The van der Waals surface area contributed by atoms with E-state index < -0.39 is 11.7 Å². The van der Waals surface area contributed by atoms with Gasteiger partial charge in [0.1, 0.15) is 11.4 Å². The first-order chi connectivity index (χ1) is 17.1. The normalized spacial score (nSPS) is 16.7. The Kier molecular flexibility index (Phi) is 7.38. The van der Waals surface area contributed by atoms with Gasteiger partial charge in [0.15, 0.2) is 0 Å². The molecule has 8 nitrogen and oxygen atoms in total. The molecule has 2 aromatic carbocycles. The number of fused-ring (bicyclic) bond motifs is 1. The van der Waals surface area contributed by atoms with Crippen molar-refractivity contribution >= 4 is 23.0 Å². The van der Waals surface area contributed by atoms with Gasteiger partial charge in [0.2, 0.25) is 0 Å². The van der Waals surface area contributed by atoms with Crippen molar-refractivity contribution in [2.24, 2.45) is 0 Å². The van der Waals surface area contributed by atoms with Gasteiger partial charge in [0, 0.05) is 30.2 Å². The highest BCUT2D eigenvalue weighted by molar-refractivity contribution is 5.95. The topological polar surface area (TPSA) is 79.2 Å². The van der Waals surface area contributed by atoms with Gasteiger partial charge in [0.05, 0.1) is 44.6 Å². The highest BCUT2D eigenvalue weighted by Gasteiger charge is 2.28. The van der Waals surface area contributed by atoms with Crippen LogP contribution in [0.25, 0.3) is 10.9 Å². The molecule has 8 heteroatoms. The second-order valence-electron chi connectivity index (χ2n) is 9.98. The Balaban J connectivity index is 1.70. The zero-order chi connectivity index (χ0) is 26.0. The lowest BCUT2D eigenvalue weighted by atomic mass is 10.00. The maximum absolute atomic E-state index is 12.9. The molecular formula is C28H34N2O6. The summed E-state index contributed by atoms with van der Waals surface area (Å²) >= 11 is 0. The monoisotopic (exact) mass is 494 g/mol. The summed E-state index contributed by atoms with van der Waals surface area (Å²) in [6.45, 7) is 10.0. The minimum atomic E-state index is -0.596. The molecule has 1 aliphatic rings. The van der Waals surface area contributed by atoms with Crippen molar-refractivity contribution in [3.8, 4) is 5.75 Å². The van der Waals surface area contributed by atoms with Crippen LogP contribution in [-0.2, 0) is 20.8 Å². The highest BCUT2D eigenvalue weighted by atomic mass is 16.6. The van der Waals surface area contributed by atoms with E-state index in [0.29, 0.717) is 25.3 Å². The first kappa shape index (κ1) is 25.7. The zero-order valence-corrected chi connectivity index (χ0v) is 21.8. The quantitative estimate of drug-likeness (QED) is 0.457. The molecular weight excluding hydrogens is 460 g/mol. The lowest BCUT2D eigenvalue weighted by molar-refractivity contribution is -0.0128. The van der Waals surface area contributed by atoms with Crippen LogP contribution in [0.2, 0.25) is 0 Å². The average molecular weight is 495 g/mol. The van der Waals surface area contributed by atoms with Crippen molar-refractivity contribution in [2.45, 2.75) is 45.9 Å². The molecule has 0 radical (unpaired) electrons. The van der Waals surface area contributed by atoms with Crippen molar-refractivity contribution in [1.82, 2.24) is 9.47 Å². The molecule has 1 atom stereocenters. The van der Waals surface area contributed by atoms with Gasteiger partial charge in [-0.25, -0.2) is 9.59 Å². The van der Waals surface area contributed by atoms with Crippen LogP contribution in [0.5, 0.6) is 5.75 Å². The van der Waals surface area contributed by atoms with Gasteiger partial charge in [0.25, 0.3) is 0 Å². The number of hydrogen-bond acceptors (Lipinski definition) is 7. The number of hydrogen-bond donors (Lipinski definition) is 0. The molecule has 0 amide bonds. The number of morpholine rings is 1. The van der Waals surface area contributed by atoms with Crippen LogP contribution in [0.15, 0.2) is 42.6 Å². The maximum atomic E-state index is 12.9. The maximum Gasteiger partial charge on any atom is 0.419 e. The smallest absolute Gasteiger partial charge is 0.419 e. The van der Waals surface area contributed by atoms with E-state index in [-0.39, 0.29) is 12.0 Å². The first-order valence-corrected chi connectivity index (χ1v) is 12.0. The van der Waals surface area contributed by atoms with E-state index >= 15 is 0 Å². The van der Waals surface area contributed by atoms with E-state index in [9.17, 15) is 9.59 Å². The number of aromatic nitrogens is 1. The standard InChI is InChI=1S/C28H34N2O6/c1-18-15-24(33-5)22(21-11-12-30(25(18)21)27(32)36-28(2,3)4)16-29-13-14-35-17-23(29)19-7-9-20(10-8-19)26(31)34-6/h7-12,15,23H,13-14,16-17H2,1-6H3. The molecule has 1 fully saturated rings. The SMILES string of the molecule is COC(=O)c1ccc(C2COCCN2Cc2c(OC)cc(C)c3c2ccn3C(=O)OC(C)(C)C)cc1. The summed E-state index contributed by atoms with van der Waals surface area (Å²) in [5, 5.41) is 0.948. The number of esters is 1. The van der Waals surface area contributed by atoms with Crippen LogP contribution >= 0.6 is 0 Å². The van der Waals surface area contributed by atoms with Crippen molar-refractivity contribution in [1.29, 1.82) is 0 Å². The van der Waals surface area contributed by atoms with Crippen molar-refractivity contribution < 1.29 is 28.5 Å². The third-order valence-electron chi connectivity index (χ3n) is 6.36. The molecule has 4 rings (SSSR count). The van der Waals surface area contributed by atoms with Crippen LogP contribution in [0.4, 0.5) is 4.79 Å². The Hall–Kier alpha value is -3.36. The summed E-state index contributed by atoms with van der Waals surface area (Å²) < 4.78 is 23.6. The van der Waals surface area contributed by atoms with Crippen LogP contribution in [0.3, 0.4) is 0 Å². The molecule has 0 N–H and O–H groups in total. The Labute approximate surface area is 211 Å². The minimum Gasteiger partial charge on any atom is -0.496 e. The molecule has 1 aliphatic heterocycles. The largest absolute Gasteiger partial charge is 0.496 e. The van der Waals surface area contributed by atoms with Crippen LogP contribution in [0, 0.1) is 6.92 Å². The predicted octanol–water partition coefficient (Wildman–Crippen LogP) is 5.10. The molecule has 36 heavy (non-hydrogen) atoms. The molecule has 2 heterocycles. The van der Waals surface area contributed by atoms with Crippen LogP contribution < -0.4 is 4.74 Å². The molecule has 1 unspecified atom stereocenters. The summed E-state index contributed by atoms with van der Waals surface area (Å²) in [6, 6.07) is 11.4. The number of benzene rings is 2. The summed E-state index contributed by atoms with van der Waals surface area (Å²) in [6.07, 6.45) is 1.35. The fourth-order valence-electron chi connectivity index (χ4n) is 4.67. The van der Waals surface area contributed by atoms with E-state index in [2.05, 4.69) is 4.90 Å². The number of nitrogens with zero attached hydrogens (tertiary/aromatic N) is 2. The molecule has 192 valence electrons. The predicted molar refractivity (Wildman–Crippen MR) is 137 cm³/mol. The molecule has 0 aliphatic carbocycles. The van der Waals surface area contributed by atoms with Crippen molar-refractivity contribution in [2.75, 3.05) is 34.0 Å². The minimum absolute atomic E-state index is 0.000511. The Bertz CT molecular complexity index is 1260. The van der Waals surface area contributed by atoms with Gasteiger partial charge < -0.3 is 18.9 Å². The Morgan fingerprint density at radius 1 is 1.11 bits per heavy atom. The van der Waals surface area contributed by atoms with Gasteiger partial charge in [-0.05, 0) is 63.1 Å². The number of rotatable bonds is 5. The molecule has 0 bridgehead atoms. The first-order valence-electron chi connectivity index (χ1n) is 12.0. The third-order valence-corrected chi connectivity index (χ3v) is 6.36. The number of ether oxygens (including phenoxy) is 4. The zero-order valence-electron chi connectivity index (χ0n) is 21.8. The lowest BCUT2D eigenvalue weighted by Gasteiger charge is -2.36. The summed E-state index contributed by atoms with van der Waals surface area (Å²) in [4.78, 5) is 27.1. The second-order valence-corrected chi connectivity index (χ2v) is 9.98. The lowest BCUT2D eigenvalue weighted by Crippen LogP contribution is -2.39. The molecule has 0 saturated carbocycles. The van der Waals surface area contributed by atoms with E-state index in [1.54, 1.807) is 30.0 Å². The summed E-state index contributed by atoms with van der Waals surface area (Å²) in [7, 11) is 3.04. The highest BCUT2D eigenvalue weighted by Crippen LogP contribution is 2.36. The Morgan fingerprint density at radius 3 is 2.47 bits per heavy atom. The molecule has 3 aromatic rings.